The van der Waals surface area contributed by atoms with Crippen molar-refractivity contribution in [3.8, 4) is 0 Å². The number of nitrogens with zero attached hydrogens (tertiary/aromatic N) is 1. The first kappa shape index (κ1) is 15.8. The Bertz CT molecular complexity index is 571. The topological polar surface area (TPSA) is 63.4 Å². The fourth-order valence-corrected chi connectivity index (χ4v) is 3.13. The van der Waals surface area contributed by atoms with E-state index in [2.05, 4.69) is 0 Å². The molecule has 1 fully saturated rings. The van der Waals surface area contributed by atoms with Crippen LogP contribution in [0.15, 0.2) is 18.2 Å². The summed E-state index contributed by atoms with van der Waals surface area (Å²) in [7, 11) is 1.59. The molecule has 0 aromatic heterocycles. The molecule has 1 aromatic carbocycles. The van der Waals surface area contributed by atoms with E-state index in [-0.39, 0.29) is 17.4 Å². The summed E-state index contributed by atoms with van der Waals surface area (Å²) in [4.78, 5) is 25.6. The van der Waals surface area contributed by atoms with Crippen LogP contribution in [0.1, 0.15) is 31.2 Å². The van der Waals surface area contributed by atoms with Crippen molar-refractivity contribution in [2.75, 3.05) is 7.05 Å². The number of amides is 2. The van der Waals surface area contributed by atoms with Crippen LogP contribution in [0, 0.1) is 5.82 Å². The van der Waals surface area contributed by atoms with Crippen LogP contribution in [0.5, 0.6) is 0 Å². The highest BCUT2D eigenvalue weighted by molar-refractivity contribution is 6.31. The summed E-state index contributed by atoms with van der Waals surface area (Å²) in [5.74, 6) is -1.17. The highest BCUT2D eigenvalue weighted by Crippen LogP contribution is 2.34. The van der Waals surface area contributed by atoms with Gasteiger partial charge in [-0.1, -0.05) is 30.5 Å². The summed E-state index contributed by atoms with van der Waals surface area (Å²) in [5.41, 5.74) is 5.14. The number of nitrogens with two attached hydrogens (primary N) is 1. The lowest BCUT2D eigenvalue weighted by Gasteiger charge is -2.36. The Morgan fingerprint density at radius 2 is 2.00 bits per heavy atom. The van der Waals surface area contributed by atoms with Gasteiger partial charge in [-0.15, -0.1) is 0 Å². The molecule has 2 rings (SSSR count). The fourth-order valence-electron chi connectivity index (χ4n) is 2.89. The van der Waals surface area contributed by atoms with Crippen molar-refractivity contribution in [1.82, 2.24) is 4.90 Å². The van der Waals surface area contributed by atoms with Crippen molar-refractivity contribution in [3.05, 3.63) is 34.6 Å². The average Bonchev–Trinajstić information content (AvgIpc) is 2.91. The fraction of sp³-hybridized carbons (Fsp3) is 0.467. The molecule has 0 spiro atoms. The number of carbonyl (C=O) groups is 2. The SMILES string of the molecule is CN(C(=O)Cc1ccc(F)cc1Cl)C1(C(N)=O)CCCC1. The largest absolute Gasteiger partial charge is 0.368 e. The molecule has 1 saturated carbocycles. The lowest BCUT2D eigenvalue weighted by Crippen LogP contribution is -2.56. The number of hydrogen-bond donors (Lipinski definition) is 1. The summed E-state index contributed by atoms with van der Waals surface area (Å²) in [6.45, 7) is 0. The zero-order valence-electron chi connectivity index (χ0n) is 11.9. The van der Waals surface area contributed by atoms with E-state index in [1.807, 2.05) is 0 Å². The highest BCUT2D eigenvalue weighted by Gasteiger charge is 2.45. The minimum Gasteiger partial charge on any atom is -0.368 e. The van der Waals surface area contributed by atoms with E-state index < -0.39 is 17.3 Å². The van der Waals surface area contributed by atoms with Gasteiger partial charge < -0.3 is 10.6 Å². The van der Waals surface area contributed by atoms with Gasteiger partial charge in [0.2, 0.25) is 11.8 Å². The minimum absolute atomic E-state index is 0.0185. The highest BCUT2D eigenvalue weighted by atomic mass is 35.5. The van der Waals surface area contributed by atoms with Crippen LogP contribution in [0.2, 0.25) is 5.02 Å². The number of hydrogen-bond acceptors (Lipinski definition) is 2. The third kappa shape index (κ3) is 3.02. The van der Waals surface area contributed by atoms with E-state index in [1.54, 1.807) is 7.05 Å². The van der Waals surface area contributed by atoms with Crippen molar-refractivity contribution >= 4 is 23.4 Å². The second-order valence-electron chi connectivity index (χ2n) is 5.47. The third-order valence-electron chi connectivity index (χ3n) is 4.26. The van der Waals surface area contributed by atoms with Gasteiger partial charge in [0, 0.05) is 12.1 Å². The Balaban J connectivity index is 2.17. The number of halogens is 2. The number of benzene rings is 1. The Kier molecular flexibility index (Phi) is 4.52. The van der Waals surface area contributed by atoms with Crippen molar-refractivity contribution in [1.29, 1.82) is 0 Å². The predicted octanol–water partition coefficient (Wildman–Crippen LogP) is 2.28. The molecule has 4 nitrogen and oxygen atoms in total. The Hall–Kier alpha value is -1.62. The zero-order chi connectivity index (χ0) is 15.6. The monoisotopic (exact) mass is 312 g/mol. The molecule has 2 amide bonds. The number of carbonyl (C=O) groups excluding carboxylic acids is 2. The zero-order valence-corrected chi connectivity index (χ0v) is 12.6. The van der Waals surface area contributed by atoms with Gasteiger partial charge in [-0.25, -0.2) is 4.39 Å². The molecule has 21 heavy (non-hydrogen) atoms. The second kappa shape index (κ2) is 6.02. The molecule has 1 aromatic rings. The number of rotatable bonds is 4. The van der Waals surface area contributed by atoms with Gasteiger partial charge in [-0.3, -0.25) is 9.59 Å². The van der Waals surface area contributed by atoms with Crippen LogP contribution in [-0.2, 0) is 16.0 Å². The first-order valence-corrected chi connectivity index (χ1v) is 7.25. The molecule has 0 aliphatic heterocycles. The lowest BCUT2D eigenvalue weighted by molar-refractivity contribution is -0.143. The van der Waals surface area contributed by atoms with Crippen molar-refractivity contribution < 1.29 is 14.0 Å². The van der Waals surface area contributed by atoms with Gasteiger partial charge in [0.1, 0.15) is 11.4 Å². The van der Waals surface area contributed by atoms with E-state index in [0.29, 0.717) is 18.4 Å². The van der Waals surface area contributed by atoms with Gasteiger partial charge in [0.05, 0.1) is 6.42 Å². The standard InChI is InChI=1S/C15H18ClFN2O2/c1-19(15(14(18)21)6-2-3-7-15)13(20)8-10-4-5-11(17)9-12(10)16/h4-5,9H,2-3,6-8H2,1H3,(H2,18,21). The molecule has 114 valence electrons. The Morgan fingerprint density at radius 3 is 2.52 bits per heavy atom. The average molecular weight is 313 g/mol. The summed E-state index contributed by atoms with van der Waals surface area (Å²) >= 11 is 5.93. The van der Waals surface area contributed by atoms with Crippen molar-refractivity contribution in [3.63, 3.8) is 0 Å². The summed E-state index contributed by atoms with van der Waals surface area (Å²) in [6, 6.07) is 3.91. The third-order valence-corrected chi connectivity index (χ3v) is 4.61. The van der Waals surface area contributed by atoms with Crippen LogP contribution in [0.25, 0.3) is 0 Å². The van der Waals surface area contributed by atoms with E-state index in [9.17, 15) is 14.0 Å². The van der Waals surface area contributed by atoms with E-state index >= 15 is 0 Å². The predicted molar refractivity (Wildman–Crippen MR) is 78.3 cm³/mol. The normalized spacial score (nSPS) is 16.7. The Morgan fingerprint density at radius 1 is 1.38 bits per heavy atom. The van der Waals surface area contributed by atoms with Gasteiger partial charge in [0.15, 0.2) is 0 Å². The van der Waals surface area contributed by atoms with Gasteiger partial charge in [-0.05, 0) is 30.5 Å². The molecule has 0 bridgehead atoms. The first-order valence-electron chi connectivity index (χ1n) is 6.87. The quantitative estimate of drug-likeness (QED) is 0.927. The summed E-state index contributed by atoms with van der Waals surface area (Å²) in [5, 5.41) is 0.205. The second-order valence-corrected chi connectivity index (χ2v) is 5.88. The smallest absolute Gasteiger partial charge is 0.243 e. The molecule has 0 radical (unpaired) electrons. The first-order chi connectivity index (χ1) is 9.86. The van der Waals surface area contributed by atoms with Crippen LogP contribution >= 0.6 is 11.6 Å². The van der Waals surface area contributed by atoms with E-state index in [1.165, 1.54) is 23.1 Å². The number of likely N-dealkylation sites (N-methyl/N-ethyl adjacent to an activating group) is 1. The van der Waals surface area contributed by atoms with Crippen LogP contribution in [0.3, 0.4) is 0 Å². The maximum absolute atomic E-state index is 13.0. The molecule has 1 aliphatic rings. The Labute approximate surface area is 128 Å². The van der Waals surface area contributed by atoms with E-state index in [0.717, 1.165) is 12.8 Å². The molecular formula is C15H18ClFN2O2. The lowest BCUT2D eigenvalue weighted by atomic mass is 9.94. The number of primary amides is 1. The molecule has 0 unspecified atom stereocenters. The molecule has 2 N–H and O–H groups in total. The molecule has 0 heterocycles. The molecular weight excluding hydrogens is 295 g/mol. The van der Waals surface area contributed by atoms with Crippen LogP contribution in [-0.4, -0.2) is 29.3 Å². The van der Waals surface area contributed by atoms with Crippen LogP contribution in [0.4, 0.5) is 4.39 Å². The van der Waals surface area contributed by atoms with Crippen molar-refractivity contribution in [2.45, 2.75) is 37.6 Å². The maximum atomic E-state index is 13.0. The van der Waals surface area contributed by atoms with Crippen LogP contribution < -0.4 is 5.73 Å². The molecule has 0 atom stereocenters. The molecule has 1 aliphatic carbocycles. The van der Waals surface area contributed by atoms with E-state index in [4.69, 9.17) is 17.3 Å². The summed E-state index contributed by atoms with van der Waals surface area (Å²) < 4.78 is 13.0. The molecule has 6 heteroatoms. The molecule has 0 saturated heterocycles. The van der Waals surface area contributed by atoms with Crippen molar-refractivity contribution in [2.24, 2.45) is 5.73 Å². The summed E-state index contributed by atoms with van der Waals surface area (Å²) in [6.07, 6.45) is 2.93. The maximum Gasteiger partial charge on any atom is 0.243 e. The van der Waals surface area contributed by atoms with Gasteiger partial charge in [-0.2, -0.15) is 0 Å². The van der Waals surface area contributed by atoms with Gasteiger partial charge >= 0.3 is 0 Å². The minimum atomic E-state index is -0.899. The van der Waals surface area contributed by atoms with Gasteiger partial charge in [0.25, 0.3) is 0 Å².